The molecule has 146 valence electrons. The fourth-order valence-corrected chi connectivity index (χ4v) is 3.03. The Morgan fingerprint density at radius 3 is 2.61 bits per heavy atom. The first kappa shape index (κ1) is 19.6. The van der Waals surface area contributed by atoms with E-state index in [2.05, 4.69) is 5.32 Å². The van der Waals surface area contributed by atoms with Crippen LogP contribution in [0.2, 0.25) is 0 Å². The molecule has 6 heteroatoms. The van der Waals surface area contributed by atoms with Crippen LogP contribution in [0.4, 0.5) is 0 Å². The molecular formula is C22H23NO5. The van der Waals surface area contributed by atoms with E-state index < -0.39 is 5.97 Å². The van der Waals surface area contributed by atoms with Gasteiger partial charge in [-0.3, -0.25) is 4.79 Å². The summed E-state index contributed by atoms with van der Waals surface area (Å²) in [5.41, 5.74) is 3.54. The standard InChI is InChI=1S/C22H23NO5/c1-15-7-3-4-8-16(15)11-12-23-20(24)14-27-22(25)21-18(13-26-2)17-9-5-6-10-19(17)28-21/h3-10H,11-14H2,1-2H3,(H,23,24). The van der Waals surface area contributed by atoms with E-state index in [0.717, 1.165) is 5.39 Å². The van der Waals surface area contributed by atoms with Gasteiger partial charge in [-0.1, -0.05) is 42.5 Å². The number of amides is 1. The van der Waals surface area contributed by atoms with Gasteiger partial charge in [-0.05, 0) is 30.5 Å². The highest BCUT2D eigenvalue weighted by Crippen LogP contribution is 2.27. The van der Waals surface area contributed by atoms with Crippen LogP contribution >= 0.6 is 0 Å². The van der Waals surface area contributed by atoms with Crippen molar-refractivity contribution >= 4 is 22.8 Å². The Kier molecular flexibility index (Phi) is 6.45. The molecule has 1 heterocycles. The maximum absolute atomic E-state index is 12.4. The summed E-state index contributed by atoms with van der Waals surface area (Å²) in [5.74, 6) is -0.973. The van der Waals surface area contributed by atoms with E-state index in [4.69, 9.17) is 13.9 Å². The minimum atomic E-state index is -0.683. The van der Waals surface area contributed by atoms with Crippen molar-refractivity contribution in [2.45, 2.75) is 20.0 Å². The zero-order chi connectivity index (χ0) is 19.9. The van der Waals surface area contributed by atoms with Crippen LogP contribution in [-0.2, 0) is 27.3 Å². The number of para-hydroxylation sites is 1. The van der Waals surface area contributed by atoms with Gasteiger partial charge in [-0.25, -0.2) is 4.79 Å². The van der Waals surface area contributed by atoms with Crippen molar-refractivity contribution in [3.05, 3.63) is 71.0 Å². The molecule has 0 aliphatic rings. The topological polar surface area (TPSA) is 77.8 Å². The van der Waals surface area contributed by atoms with E-state index >= 15 is 0 Å². The molecule has 1 amide bonds. The molecule has 0 unspecified atom stereocenters. The fraction of sp³-hybridized carbons (Fsp3) is 0.273. The molecule has 0 spiro atoms. The number of benzene rings is 2. The van der Waals surface area contributed by atoms with Gasteiger partial charge in [0.05, 0.1) is 6.61 Å². The Bertz CT molecular complexity index is 976. The number of ether oxygens (including phenoxy) is 2. The van der Waals surface area contributed by atoms with Gasteiger partial charge in [0, 0.05) is 24.6 Å². The lowest BCUT2D eigenvalue weighted by Crippen LogP contribution is -2.30. The van der Waals surface area contributed by atoms with Crippen LogP contribution < -0.4 is 5.32 Å². The minimum absolute atomic E-state index is 0.0655. The summed E-state index contributed by atoms with van der Waals surface area (Å²) < 4.78 is 15.9. The Morgan fingerprint density at radius 1 is 1.07 bits per heavy atom. The van der Waals surface area contributed by atoms with Crippen LogP contribution in [0, 0.1) is 6.92 Å². The molecule has 1 N–H and O–H groups in total. The Labute approximate surface area is 163 Å². The van der Waals surface area contributed by atoms with Gasteiger partial charge >= 0.3 is 5.97 Å². The number of carbonyl (C=O) groups is 2. The van der Waals surface area contributed by atoms with Crippen LogP contribution in [0.5, 0.6) is 0 Å². The molecule has 0 fully saturated rings. The van der Waals surface area contributed by atoms with Gasteiger partial charge < -0.3 is 19.2 Å². The lowest BCUT2D eigenvalue weighted by molar-refractivity contribution is -0.124. The molecule has 3 rings (SSSR count). The lowest BCUT2D eigenvalue weighted by Gasteiger charge is -2.08. The first-order valence-corrected chi connectivity index (χ1v) is 9.08. The smallest absolute Gasteiger partial charge is 0.375 e. The molecule has 0 saturated carbocycles. The Hall–Kier alpha value is -3.12. The maximum atomic E-state index is 12.4. The number of methoxy groups -OCH3 is 1. The molecule has 0 aliphatic heterocycles. The molecule has 0 bridgehead atoms. The van der Waals surface area contributed by atoms with Gasteiger partial charge in [-0.15, -0.1) is 0 Å². The molecule has 1 aromatic heterocycles. The lowest BCUT2D eigenvalue weighted by atomic mass is 10.1. The third-order valence-electron chi connectivity index (χ3n) is 4.48. The fourth-order valence-electron chi connectivity index (χ4n) is 3.03. The highest BCUT2D eigenvalue weighted by molar-refractivity contribution is 5.96. The van der Waals surface area contributed by atoms with Crippen molar-refractivity contribution in [3.8, 4) is 0 Å². The second kappa shape index (κ2) is 9.19. The molecule has 0 saturated heterocycles. The predicted octanol–water partition coefficient (Wildman–Crippen LogP) is 3.40. The number of carbonyl (C=O) groups excluding carboxylic acids is 2. The SMILES string of the molecule is COCc1c(C(=O)OCC(=O)NCCc2ccccc2C)oc2ccccc12. The number of aryl methyl sites for hydroxylation is 1. The zero-order valence-corrected chi connectivity index (χ0v) is 16.0. The van der Waals surface area contributed by atoms with Crippen LogP contribution in [0.1, 0.15) is 27.2 Å². The van der Waals surface area contributed by atoms with Crippen molar-refractivity contribution < 1.29 is 23.5 Å². The van der Waals surface area contributed by atoms with Crippen molar-refractivity contribution in [1.82, 2.24) is 5.32 Å². The summed E-state index contributed by atoms with van der Waals surface area (Å²) in [7, 11) is 1.54. The maximum Gasteiger partial charge on any atom is 0.375 e. The number of rotatable bonds is 8. The van der Waals surface area contributed by atoms with Crippen molar-refractivity contribution in [1.29, 1.82) is 0 Å². The number of esters is 1. The zero-order valence-electron chi connectivity index (χ0n) is 16.0. The van der Waals surface area contributed by atoms with Gasteiger partial charge in [0.2, 0.25) is 5.76 Å². The van der Waals surface area contributed by atoms with E-state index in [1.165, 1.54) is 11.1 Å². The number of furan rings is 1. The van der Waals surface area contributed by atoms with Crippen LogP contribution in [0.25, 0.3) is 11.0 Å². The van der Waals surface area contributed by atoms with Crippen molar-refractivity contribution in [2.75, 3.05) is 20.3 Å². The molecule has 6 nitrogen and oxygen atoms in total. The Morgan fingerprint density at radius 2 is 1.82 bits per heavy atom. The van der Waals surface area contributed by atoms with Crippen LogP contribution in [0.3, 0.4) is 0 Å². The largest absolute Gasteiger partial charge is 0.450 e. The summed E-state index contributed by atoms with van der Waals surface area (Å²) in [6.45, 7) is 2.35. The van der Waals surface area contributed by atoms with Crippen molar-refractivity contribution in [2.24, 2.45) is 0 Å². The van der Waals surface area contributed by atoms with E-state index in [1.54, 1.807) is 13.2 Å². The summed E-state index contributed by atoms with van der Waals surface area (Å²) >= 11 is 0. The molecule has 3 aromatic rings. The highest BCUT2D eigenvalue weighted by atomic mass is 16.5. The minimum Gasteiger partial charge on any atom is -0.450 e. The average molecular weight is 381 g/mol. The predicted molar refractivity (Wildman–Crippen MR) is 105 cm³/mol. The second-order valence-corrected chi connectivity index (χ2v) is 6.44. The monoisotopic (exact) mass is 381 g/mol. The second-order valence-electron chi connectivity index (χ2n) is 6.44. The van der Waals surface area contributed by atoms with Gasteiger partial charge in [0.25, 0.3) is 5.91 Å². The third kappa shape index (κ3) is 4.58. The molecule has 0 atom stereocenters. The first-order valence-electron chi connectivity index (χ1n) is 9.08. The quantitative estimate of drug-likeness (QED) is 0.605. The highest BCUT2D eigenvalue weighted by Gasteiger charge is 2.22. The summed E-state index contributed by atoms with van der Waals surface area (Å²) in [5, 5.41) is 3.55. The van der Waals surface area contributed by atoms with Gasteiger partial charge in [0.15, 0.2) is 6.61 Å². The number of fused-ring (bicyclic) bond motifs is 1. The van der Waals surface area contributed by atoms with Gasteiger partial charge in [-0.2, -0.15) is 0 Å². The summed E-state index contributed by atoms with van der Waals surface area (Å²) in [6, 6.07) is 15.3. The van der Waals surface area contributed by atoms with E-state index in [0.29, 0.717) is 24.1 Å². The summed E-state index contributed by atoms with van der Waals surface area (Å²) in [4.78, 5) is 24.4. The molecular weight excluding hydrogens is 358 g/mol. The normalized spacial score (nSPS) is 10.8. The van der Waals surface area contributed by atoms with E-state index in [-0.39, 0.29) is 24.9 Å². The van der Waals surface area contributed by atoms with Gasteiger partial charge in [0.1, 0.15) is 5.58 Å². The molecule has 0 radical (unpaired) electrons. The van der Waals surface area contributed by atoms with Crippen molar-refractivity contribution in [3.63, 3.8) is 0 Å². The Balaban J connectivity index is 1.55. The van der Waals surface area contributed by atoms with Crippen LogP contribution in [-0.4, -0.2) is 32.1 Å². The van der Waals surface area contributed by atoms with E-state index in [1.807, 2.05) is 49.4 Å². The van der Waals surface area contributed by atoms with E-state index in [9.17, 15) is 9.59 Å². The molecule has 0 aliphatic carbocycles. The first-order chi connectivity index (χ1) is 13.6. The number of nitrogens with one attached hydrogen (secondary N) is 1. The molecule has 2 aromatic carbocycles. The number of hydrogen-bond acceptors (Lipinski definition) is 5. The summed E-state index contributed by atoms with van der Waals surface area (Å²) in [6.07, 6.45) is 0.716. The van der Waals surface area contributed by atoms with Crippen LogP contribution in [0.15, 0.2) is 52.9 Å². The average Bonchev–Trinajstić information content (AvgIpc) is 3.07. The third-order valence-corrected chi connectivity index (χ3v) is 4.48. The number of hydrogen-bond donors (Lipinski definition) is 1. The molecule has 28 heavy (non-hydrogen) atoms.